The van der Waals surface area contributed by atoms with Gasteiger partial charge in [-0.1, -0.05) is 12.2 Å². The number of ether oxygens (including phenoxy) is 1. The van der Waals surface area contributed by atoms with Gasteiger partial charge in [0, 0.05) is 12.1 Å². The van der Waals surface area contributed by atoms with Crippen LogP contribution in [0.2, 0.25) is 0 Å². The van der Waals surface area contributed by atoms with Crippen molar-refractivity contribution in [3.63, 3.8) is 0 Å². The Hall–Kier alpha value is -1.58. The quantitative estimate of drug-likeness (QED) is 0.329. The number of esters is 1. The van der Waals surface area contributed by atoms with Crippen LogP contribution in [0.4, 0.5) is 0 Å². The van der Waals surface area contributed by atoms with Gasteiger partial charge in [-0.2, -0.15) is 0 Å². The second kappa shape index (κ2) is 4.12. The number of β-lactam (4-membered cyclic amide) rings is 1. The van der Waals surface area contributed by atoms with E-state index in [9.17, 15) is 9.59 Å². The van der Waals surface area contributed by atoms with Crippen molar-refractivity contribution in [1.29, 1.82) is 0 Å². The maximum absolute atomic E-state index is 11.3. The highest BCUT2D eigenvalue weighted by atomic mass is 16.5. The normalized spacial score (nSPS) is 36.4. The van der Waals surface area contributed by atoms with E-state index in [1.54, 1.807) is 0 Å². The fourth-order valence-electron chi connectivity index (χ4n) is 2.57. The van der Waals surface area contributed by atoms with Gasteiger partial charge in [-0.3, -0.25) is 4.79 Å². The second-order valence-corrected chi connectivity index (χ2v) is 4.24. The predicted molar refractivity (Wildman–Crippen MR) is 58.4 cm³/mol. The monoisotopic (exact) mass is 221 g/mol. The molecule has 16 heavy (non-hydrogen) atoms. The van der Waals surface area contributed by atoms with Crippen LogP contribution >= 0.6 is 0 Å². The molecular weight excluding hydrogens is 206 g/mol. The molecular formula is C12H15NO3. The van der Waals surface area contributed by atoms with E-state index in [0.717, 1.165) is 6.42 Å². The minimum Gasteiger partial charge on any atom is -0.466 e. The number of amides is 1. The number of methoxy groups -OCH3 is 1. The zero-order valence-corrected chi connectivity index (χ0v) is 9.18. The molecule has 0 spiro atoms. The third-order valence-electron chi connectivity index (χ3n) is 3.45. The maximum Gasteiger partial charge on any atom is 0.330 e. The fraction of sp³-hybridized carbons (Fsp3) is 0.500. The zero-order chi connectivity index (χ0) is 11.7. The van der Waals surface area contributed by atoms with Gasteiger partial charge in [-0.15, -0.1) is 6.58 Å². The molecule has 4 heteroatoms. The average Bonchev–Trinajstić information content (AvgIpc) is 2.57. The van der Waals surface area contributed by atoms with E-state index in [4.69, 9.17) is 0 Å². The Morgan fingerprint density at radius 2 is 2.31 bits per heavy atom. The highest BCUT2D eigenvalue weighted by molar-refractivity contribution is 5.87. The summed E-state index contributed by atoms with van der Waals surface area (Å²) >= 11 is 0. The van der Waals surface area contributed by atoms with Crippen LogP contribution < -0.4 is 5.32 Å². The summed E-state index contributed by atoms with van der Waals surface area (Å²) in [5.41, 5.74) is 0. The molecule has 2 aliphatic rings. The van der Waals surface area contributed by atoms with Gasteiger partial charge in [0.15, 0.2) is 0 Å². The Morgan fingerprint density at radius 3 is 2.81 bits per heavy atom. The largest absolute Gasteiger partial charge is 0.466 e. The summed E-state index contributed by atoms with van der Waals surface area (Å²) in [4.78, 5) is 22.3. The van der Waals surface area contributed by atoms with Gasteiger partial charge in [-0.25, -0.2) is 4.79 Å². The molecule has 1 amide bonds. The number of carbonyl (C=O) groups is 2. The van der Waals surface area contributed by atoms with E-state index in [1.807, 2.05) is 12.2 Å². The maximum atomic E-state index is 11.3. The van der Waals surface area contributed by atoms with Crippen LogP contribution in [0.25, 0.3) is 0 Å². The summed E-state index contributed by atoms with van der Waals surface area (Å²) in [6.45, 7) is 3.75. The lowest BCUT2D eigenvalue weighted by Crippen LogP contribution is -2.58. The average molecular weight is 221 g/mol. The number of hydrogen-bond donors (Lipinski definition) is 1. The van der Waals surface area contributed by atoms with Crippen LogP contribution in [-0.2, 0) is 14.3 Å². The van der Waals surface area contributed by atoms with Crippen molar-refractivity contribution < 1.29 is 14.3 Å². The molecule has 1 heterocycles. The van der Waals surface area contributed by atoms with Crippen LogP contribution in [0.5, 0.6) is 0 Å². The summed E-state index contributed by atoms with van der Waals surface area (Å²) in [5.74, 6) is 0.230. The van der Waals surface area contributed by atoms with Crippen molar-refractivity contribution in [3.05, 3.63) is 24.8 Å². The number of carbonyl (C=O) groups excluding carboxylic acids is 2. The highest BCUT2D eigenvalue weighted by Crippen LogP contribution is 2.43. The Labute approximate surface area is 94.3 Å². The molecule has 1 N–H and O–H groups in total. The van der Waals surface area contributed by atoms with Crippen LogP contribution in [-0.4, -0.2) is 25.0 Å². The van der Waals surface area contributed by atoms with Crippen LogP contribution in [0.1, 0.15) is 6.42 Å². The summed E-state index contributed by atoms with van der Waals surface area (Å²) in [5, 5.41) is 2.87. The number of hydrogen-bond acceptors (Lipinski definition) is 3. The molecule has 86 valence electrons. The first-order valence-corrected chi connectivity index (χ1v) is 5.36. The lowest BCUT2D eigenvalue weighted by Gasteiger charge is -2.35. The molecule has 0 aromatic heterocycles. The topological polar surface area (TPSA) is 55.4 Å². The Bertz CT molecular complexity index is 361. The molecule has 1 saturated heterocycles. The van der Waals surface area contributed by atoms with Gasteiger partial charge < -0.3 is 10.1 Å². The number of rotatable bonds is 3. The van der Waals surface area contributed by atoms with Gasteiger partial charge >= 0.3 is 5.97 Å². The molecule has 0 unspecified atom stereocenters. The number of nitrogens with one attached hydrogen (secondary N) is 1. The van der Waals surface area contributed by atoms with Crippen molar-refractivity contribution in [2.24, 2.45) is 17.8 Å². The van der Waals surface area contributed by atoms with Gasteiger partial charge in [0.25, 0.3) is 0 Å². The minimum atomic E-state index is -0.357. The molecule has 1 saturated carbocycles. The van der Waals surface area contributed by atoms with Crippen LogP contribution in [0.3, 0.4) is 0 Å². The van der Waals surface area contributed by atoms with Crippen molar-refractivity contribution >= 4 is 11.9 Å². The summed E-state index contributed by atoms with van der Waals surface area (Å²) < 4.78 is 4.53. The van der Waals surface area contributed by atoms with Crippen LogP contribution in [0, 0.1) is 17.8 Å². The zero-order valence-electron chi connectivity index (χ0n) is 9.18. The Morgan fingerprint density at radius 1 is 1.56 bits per heavy atom. The van der Waals surface area contributed by atoms with Crippen LogP contribution in [0.15, 0.2) is 24.8 Å². The van der Waals surface area contributed by atoms with E-state index in [0.29, 0.717) is 0 Å². The standard InChI is InChI=1S/C12H15NO3/c1-3-7-6-8(4-5-9(14)16-2)11-10(7)12(15)13-11/h3-5,7-8,10-11H,1,6H2,2H3,(H,13,15)/b5-4+/t7-,8+,10+,11-/m1/s1. The minimum absolute atomic E-state index is 0.0461. The van der Waals surface area contributed by atoms with E-state index >= 15 is 0 Å². The van der Waals surface area contributed by atoms with Gasteiger partial charge in [0.2, 0.25) is 5.91 Å². The summed E-state index contributed by atoms with van der Waals surface area (Å²) in [6, 6.07) is 0.163. The Balaban J connectivity index is 2.03. The van der Waals surface area contributed by atoms with Gasteiger partial charge in [-0.05, 0) is 18.3 Å². The molecule has 1 aliphatic heterocycles. The van der Waals surface area contributed by atoms with E-state index < -0.39 is 0 Å². The summed E-state index contributed by atoms with van der Waals surface area (Å²) in [7, 11) is 1.35. The number of allylic oxidation sites excluding steroid dienone is 1. The SMILES string of the molecule is C=C[C@@H]1C[C@H](/C=C/C(=O)OC)[C@H]2NC(=O)[C@H]21. The van der Waals surface area contributed by atoms with Crippen molar-refractivity contribution in [1.82, 2.24) is 5.32 Å². The van der Waals surface area contributed by atoms with Gasteiger partial charge in [0.05, 0.1) is 13.0 Å². The van der Waals surface area contributed by atoms with E-state index in [2.05, 4.69) is 16.6 Å². The lowest BCUT2D eigenvalue weighted by atomic mass is 9.85. The van der Waals surface area contributed by atoms with E-state index in [1.165, 1.54) is 13.2 Å². The first kappa shape index (κ1) is 10.9. The lowest BCUT2D eigenvalue weighted by molar-refractivity contribution is -0.135. The first-order valence-electron chi connectivity index (χ1n) is 5.36. The molecule has 0 radical (unpaired) electrons. The molecule has 0 aromatic rings. The Kier molecular flexibility index (Phi) is 2.81. The predicted octanol–water partition coefficient (Wildman–Crippen LogP) is 0.652. The molecule has 4 atom stereocenters. The summed E-state index contributed by atoms with van der Waals surface area (Å²) in [6.07, 6.45) is 5.96. The molecule has 4 nitrogen and oxygen atoms in total. The third kappa shape index (κ3) is 1.64. The van der Waals surface area contributed by atoms with Gasteiger partial charge in [0.1, 0.15) is 0 Å². The van der Waals surface area contributed by atoms with E-state index in [-0.39, 0.29) is 35.7 Å². The smallest absolute Gasteiger partial charge is 0.330 e. The molecule has 2 fully saturated rings. The number of fused-ring (bicyclic) bond motifs is 1. The molecule has 1 aliphatic carbocycles. The van der Waals surface area contributed by atoms with Crippen molar-refractivity contribution in [2.75, 3.05) is 7.11 Å². The molecule has 0 bridgehead atoms. The second-order valence-electron chi connectivity index (χ2n) is 4.24. The first-order chi connectivity index (χ1) is 7.67. The fourth-order valence-corrected chi connectivity index (χ4v) is 2.57. The van der Waals surface area contributed by atoms with Crippen molar-refractivity contribution in [3.8, 4) is 0 Å². The van der Waals surface area contributed by atoms with Crippen molar-refractivity contribution in [2.45, 2.75) is 12.5 Å². The third-order valence-corrected chi connectivity index (χ3v) is 3.45. The molecule has 0 aromatic carbocycles. The highest BCUT2D eigenvalue weighted by Gasteiger charge is 2.52. The molecule has 2 rings (SSSR count).